The van der Waals surface area contributed by atoms with E-state index in [1.54, 1.807) is 0 Å². The van der Waals surface area contributed by atoms with Crippen LogP contribution in [-0.2, 0) is 21.7 Å². The summed E-state index contributed by atoms with van der Waals surface area (Å²) in [7, 11) is 0. The van der Waals surface area contributed by atoms with Crippen molar-refractivity contribution in [3.63, 3.8) is 0 Å². The van der Waals surface area contributed by atoms with Gasteiger partial charge in [0.1, 0.15) is 5.60 Å². The van der Waals surface area contributed by atoms with Crippen LogP contribution in [0.25, 0.3) is 10.8 Å². The lowest BCUT2D eigenvalue weighted by molar-refractivity contribution is -0.0527. The van der Waals surface area contributed by atoms with Crippen molar-refractivity contribution in [2.75, 3.05) is 19.7 Å². The topological polar surface area (TPSA) is 30.5 Å². The summed E-state index contributed by atoms with van der Waals surface area (Å²) >= 11 is 3.65. The summed E-state index contributed by atoms with van der Waals surface area (Å²) in [5.74, 6) is 0.321. The first-order valence-corrected chi connectivity index (χ1v) is 16.9. The van der Waals surface area contributed by atoms with Gasteiger partial charge in [-0.25, -0.2) is 0 Å². The first-order valence-electron chi connectivity index (χ1n) is 16.1. The van der Waals surface area contributed by atoms with Crippen molar-refractivity contribution in [2.45, 2.75) is 24.2 Å². The summed E-state index contributed by atoms with van der Waals surface area (Å²) in [6.45, 7) is 2.72. The molecule has 230 valence electrons. The third-order valence-electron chi connectivity index (χ3n) is 9.25. The number of nitrogens with one attached hydrogen (secondary N) is 1. The van der Waals surface area contributed by atoms with Gasteiger partial charge in [0, 0.05) is 29.4 Å². The minimum absolute atomic E-state index is 0.0189. The molecule has 0 radical (unpaired) electrons. The van der Waals surface area contributed by atoms with Gasteiger partial charge in [-0.15, -0.1) is 0 Å². The number of rotatable bonds is 10. The van der Waals surface area contributed by atoms with E-state index in [1.807, 2.05) is 0 Å². The summed E-state index contributed by atoms with van der Waals surface area (Å²) in [5.41, 5.74) is 5.02. The molecule has 4 heteroatoms. The molecule has 0 aliphatic carbocycles. The van der Waals surface area contributed by atoms with Crippen molar-refractivity contribution in [1.82, 2.24) is 5.32 Å². The molecule has 1 N–H and O–H groups in total. The largest absolute Gasteiger partial charge is 0.372 e. The van der Waals surface area contributed by atoms with E-state index in [0.29, 0.717) is 13.2 Å². The second-order valence-electron chi connectivity index (χ2n) is 12.1. The Kier molecular flexibility index (Phi) is 9.41. The maximum absolute atomic E-state index is 7.36. The standard InChI is InChI=1S/C42H38BrNO2/c43-39-24-22-33(23-25-39)41-35(27-44-28-40(41)45-29-31-20-21-32-12-10-11-13-34(32)26-31)30-46-42(36-14-4-1-5-15-36,37-16-6-2-7-17-37)38-18-8-3-9-19-38/h1-26,35,40-41,44H,27-30H2. The van der Waals surface area contributed by atoms with Gasteiger partial charge in [0.2, 0.25) is 0 Å². The third-order valence-corrected chi connectivity index (χ3v) is 9.78. The van der Waals surface area contributed by atoms with E-state index in [1.165, 1.54) is 21.9 Å². The Balaban J connectivity index is 1.22. The fourth-order valence-electron chi connectivity index (χ4n) is 7.00. The van der Waals surface area contributed by atoms with Gasteiger partial charge in [0.25, 0.3) is 0 Å². The minimum Gasteiger partial charge on any atom is -0.372 e. The van der Waals surface area contributed by atoms with Crippen molar-refractivity contribution in [3.05, 3.63) is 190 Å². The van der Waals surface area contributed by atoms with E-state index in [2.05, 4.69) is 179 Å². The molecule has 3 unspecified atom stereocenters. The highest BCUT2D eigenvalue weighted by Crippen LogP contribution is 2.42. The Labute approximate surface area is 280 Å². The number of fused-ring (bicyclic) bond motifs is 1. The van der Waals surface area contributed by atoms with Crippen LogP contribution < -0.4 is 5.32 Å². The molecular weight excluding hydrogens is 630 g/mol. The molecule has 0 saturated carbocycles. The fraction of sp³-hybridized carbons (Fsp3) is 0.190. The van der Waals surface area contributed by atoms with Gasteiger partial charge < -0.3 is 14.8 Å². The van der Waals surface area contributed by atoms with E-state index in [0.717, 1.165) is 34.3 Å². The normalized spacial score (nSPS) is 18.4. The molecular formula is C42H38BrNO2. The molecule has 0 spiro atoms. The van der Waals surface area contributed by atoms with Crippen molar-refractivity contribution in [3.8, 4) is 0 Å². The first-order chi connectivity index (χ1) is 22.7. The van der Waals surface area contributed by atoms with Crippen LogP contribution in [-0.4, -0.2) is 25.8 Å². The Hall–Kier alpha value is -4.06. The van der Waals surface area contributed by atoms with Gasteiger partial charge in [-0.3, -0.25) is 0 Å². The SMILES string of the molecule is Brc1ccc(C2C(COC(c3ccccc3)(c3ccccc3)c3ccccc3)CNCC2OCc2ccc3ccccc3c2)cc1. The zero-order chi connectivity index (χ0) is 31.2. The number of piperidine rings is 1. The summed E-state index contributed by atoms with van der Waals surface area (Å²) in [5, 5.41) is 6.18. The number of hydrogen-bond donors (Lipinski definition) is 1. The predicted octanol–water partition coefficient (Wildman–Crippen LogP) is 9.50. The Bertz CT molecular complexity index is 1750. The van der Waals surface area contributed by atoms with Crippen LogP contribution in [0.4, 0.5) is 0 Å². The average Bonchev–Trinajstić information content (AvgIpc) is 3.13. The zero-order valence-electron chi connectivity index (χ0n) is 25.8. The zero-order valence-corrected chi connectivity index (χ0v) is 27.4. The van der Waals surface area contributed by atoms with Crippen LogP contribution in [0.5, 0.6) is 0 Å². The highest BCUT2D eigenvalue weighted by molar-refractivity contribution is 9.10. The van der Waals surface area contributed by atoms with Crippen LogP contribution in [0, 0.1) is 5.92 Å². The van der Waals surface area contributed by atoms with Gasteiger partial charge >= 0.3 is 0 Å². The van der Waals surface area contributed by atoms with Crippen LogP contribution in [0.2, 0.25) is 0 Å². The molecule has 1 fully saturated rings. The monoisotopic (exact) mass is 667 g/mol. The summed E-state index contributed by atoms with van der Waals surface area (Å²) in [6.07, 6.45) is -0.0189. The Morgan fingerprint density at radius 3 is 1.78 bits per heavy atom. The van der Waals surface area contributed by atoms with Crippen molar-refractivity contribution in [2.24, 2.45) is 5.92 Å². The molecule has 6 aromatic rings. The minimum atomic E-state index is -0.771. The van der Waals surface area contributed by atoms with Gasteiger partial charge in [-0.1, -0.05) is 155 Å². The molecule has 46 heavy (non-hydrogen) atoms. The molecule has 1 aliphatic rings. The van der Waals surface area contributed by atoms with Gasteiger partial charge in [-0.05, 0) is 56.8 Å². The summed E-state index contributed by atoms with van der Waals surface area (Å²) in [4.78, 5) is 0. The number of benzene rings is 6. The van der Waals surface area contributed by atoms with Crippen molar-refractivity contribution in [1.29, 1.82) is 0 Å². The number of hydrogen-bond acceptors (Lipinski definition) is 3. The highest BCUT2D eigenvalue weighted by atomic mass is 79.9. The van der Waals surface area contributed by atoms with E-state index in [-0.39, 0.29) is 17.9 Å². The average molecular weight is 669 g/mol. The van der Waals surface area contributed by atoms with Crippen LogP contribution >= 0.6 is 15.9 Å². The molecule has 1 heterocycles. The first kappa shape index (κ1) is 30.6. The van der Waals surface area contributed by atoms with E-state index in [4.69, 9.17) is 9.47 Å². The van der Waals surface area contributed by atoms with Crippen LogP contribution in [0.1, 0.15) is 33.7 Å². The smallest absolute Gasteiger partial charge is 0.143 e. The molecule has 0 aromatic heterocycles. The second kappa shape index (κ2) is 14.1. The maximum atomic E-state index is 7.36. The molecule has 3 atom stereocenters. The molecule has 3 nitrogen and oxygen atoms in total. The lowest BCUT2D eigenvalue weighted by Gasteiger charge is -2.42. The third kappa shape index (κ3) is 6.44. The highest BCUT2D eigenvalue weighted by Gasteiger charge is 2.41. The Morgan fingerprint density at radius 2 is 1.17 bits per heavy atom. The van der Waals surface area contributed by atoms with Crippen molar-refractivity contribution < 1.29 is 9.47 Å². The van der Waals surface area contributed by atoms with E-state index >= 15 is 0 Å². The second-order valence-corrected chi connectivity index (χ2v) is 13.0. The van der Waals surface area contributed by atoms with Gasteiger partial charge in [-0.2, -0.15) is 0 Å². The van der Waals surface area contributed by atoms with Crippen molar-refractivity contribution >= 4 is 26.7 Å². The molecule has 1 aliphatic heterocycles. The quantitative estimate of drug-likeness (QED) is 0.148. The van der Waals surface area contributed by atoms with Crippen LogP contribution in [0.3, 0.4) is 0 Å². The predicted molar refractivity (Wildman–Crippen MR) is 191 cm³/mol. The molecule has 1 saturated heterocycles. The molecule has 7 rings (SSSR count). The van der Waals surface area contributed by atoms with E-state index in [9.17, 15) is 0 Å². The summed E-state index contributed by atoms with van der Waals surface area (Å²) < 4.78 is 15.2. The number of halogens is 1. The number of ether oxygens (including phenoxy) is 2. The fourth-order valence-corrected chi connectivity index (χ4v) is 7.26. The molecule has 0 amide bonds. The Morgan fingerprint density at radius 1 is 0.609 bits per heavy atom. The van der Waals surface area contributed by atoms with Gasteiger partial charge in [0.05, 0.1) is 19.3 Å². The van der Waals surface area contributed by atoms with Gasteiger partial charge in [0.15, 0.2) is 0 Å². The maximum Gasteiger partial charge on any atom is 0.143 e. The molecule has 0 bridgehead atoms. The van der Waals surface area contributed by atoms with E-state index < -0.39 is 5.60 Å². The van der Waals surface area contributed by atoms with Crippen LogP contribution in [0.15, 0.2) is 162 Å². The molecule has 6 aromatic carbocycles. The summed E-state index contributed by atoms with van der Waals surface area (Å²) in [6, 6.07) is 55.7. The lowest BCUT2D eigenvalue weighted by atomic mass is 9.78. The lowest BCUT2D eigenvalue weighted by Crippen LogP contribution is -2.49.